The standard InChI is InChI=1S/C19H26N2O5S/c1-3-5-7-8-10-25-15(22)11-21-13-20-17-16(18(21)23)14(12-27-17)19(24)26-9-6-4-2/h12-13H,3-11H2,1-2H3. The van der Waals surface area contributed by atoms with E-state index in [1.54, 1.807) is 5.38 Å². The number of hydrogen-bond donors (Lipinski definition) is 0. The first kappa shape index (κ1) is 21.1. The largest absolute Gasteiger partial charge is 0.464 e. The minimum Gasteiger partial charge on any atom is -0.464 e. The molecule has 0 bridgehead atoms. The van der Waals surface area contributed by atoms with Crippen LogP contribution in [0.2, 0.25) is 0 Å². The Morgan fingerprint density at radius 3 is 2.56 bits per heavy atom. The molecule has 0 amide bonds. The lowest BCUT2D eigenvalue weighted by Gasteiger charge is -2.07. The number of esters is 2. The fraction of sp³-hybridized carbons (Fsp3) is 0.579. The summed E-state index contributed by atoms with van der Waals surface area (Å²) in [5.74, 6) is -1.03. The van der Waals surface area contributed by atoms with E-state index < -0.39 is 17.5 Å². The lowest BCUT2D eigenvalue weighted by atomic mass is 10.2. The van der Waals surface area contributed by atoms with Gasteiger partial charge in [-0.05, 0) is 12.8 Å². The zero-order chi connectivity index (χ0) is 19.6. The van der Waals surface area contributed by atoms with Crippen molar-refractivity contribution in [3.63, 3.8) is 0 Å². The number of thiophene rings is 1. The van der Waals surface area contributed by atoms with Crippen molar-refractivity contribution in [3.8, 4) is 0 Å². The highest BCUT2D eigenvalue weighted by molar-refractivity contribution is 7.17. The molecule has 0 atom stereocenters. The maximum absolute atomic E-state index is 12.7. The highest BCUT2D eigenvalue weighted by atomic mass is 32.1. The highest BCUT2D eigenvalue weighted by Crippen LogP contribution is 2.21. The second-order valence-electron chi connectivity index (χ2n) is 6.28. The Morgan fingerprint density at radius 2 is 1.81 bits per heavy atom. The molecule has 0 spiro atoms. The second kappa shape index (κ2) is 10.8. The van der Waals surface area contributed by atoms with Gasteiger partial charge in [0.25, 0.3) is 5.56 Å². The van der Waals surface area contributed by atoms with Gasteiger partial charge in [-0.2, -0.15) is 0 Å². The van der Waals surface area contributed by atoms with Crippen LogP contribution in [0.15, 0.2) is 16.5 Å². The summed E-state index contributed by atoms with van der Waals surface area (Å²) in [6.45, 7) is 4.54. The first-order chi connectivity index (χ1) is 13.1. The van der Waals surface area contributed by atoms with Crippen LogP contribution in [0.25, 0.3) is 10.2 Å². The smallest absolute Gasteiger partial charge is 0.339 e. The Bertz CT molecular complexity index is 827. The molecule has 2 aromatic rings. The zero-order valence-corrected chi connectivity index (χ0v) is 16.7. The first-order valence-electron chi connectivity index (χ1n) is 9.37. The molecular weight excluding hydrogens is 368 g/mol. The number of ether oxygens (including phenoxy) is 2. The van der Waals surface area contributed by atoms with Crippen LogP contribution >= 0.6 is 11.3 Å². The van der Waals surface area contributed by atoms with E-state index in [1.807, 2.05) is 6.92 Å². The Hall–Kier alpha value is -2.22. The molecule has 2 rings (SSSR count). The molecular formula is C19H26N2O5S. The van der Waals surface area contributed by atoms with Gasteiger partial charge < -0.3 is 9.47 Å². The van der Waals surface area contributed by atoms with Crippen molar-refractivity contribution in [3.05, 3.63) is 27.6 Å². The summed E-state index contributed by atoms with van der Waals surface area (Å²) in [5, 5.41) is 1.77. The molecule has 2 heterocycles. The summed E-state index contributed by atoms with van der Waals surface area (Å²) in [7, 11) is 0. The van der Waals surface area contributed by atoms with E-state index in [9.17, 15) is 14.4 Å². The fourth-order valence-electron chi connectivity index (χ4n) is 2.52. The Kier molecular flexibility index (Phi) is 8.44. The van der Waals surface area contributed by atoms with Crippen molar-refractivity contribution in [1.82, 2.24) is 9.55 Å². The molecule has 148 valence electrons. The average Bonchev–Trinajstić information content (AvgIpc) is 3.09. The summed E-state index contributed by atoms with van der Waals surface area (Å²) in [4.78, 5) is 41.5. The molecule has 8 heteroatoms. The summed E-state index contributed by atoms with van der Waals surface area (Å²) < 4.78 is 11.5. The summed E-state index contributed by atoms with van der Waals surface area (Å²) >= 11 is 1.20. The van der Waals surface area contributed by atoms with Crippen LogP contribution < -0.4 is 5.56 Å². The van der Waals surface area contributed by atoms with Gasteiger partial charge in [0.15, 0.2) is 0 Å². The van der Waals surface area contributed by atoms with Gasteiger partial charge in [0.1, 0.15) is 11.4 Å². The molecule has 2 aromatic heterocycles. The molecule has 0 saturated heterocycles. The van der Waals surface area contributed by atoms with Gasteiger partial charge in [-0.25, -0.2) is 9.78 Å². The van der Waals surface area contributed by atoms with Crippen molar-refractivity contribution in [2.24, 2.45) is 0 Å². The van der Waals surface area contributed by atoms with Crippen LogP contribution in [0, 0.1) is 0 Å². The summed E-state index contributed by atoms with van der Waals surface area (Å²) in [6.07, 6.45) is 7.02. The number of carbonyl (C=O) groups is 2. The number of nitrogens with zero attached hydrogens (tertiary/aromatic N) is 2. The van der Waals surface area contributed by atoms with Crippen molar-refractivity contribution in [2.75, 3.05) is 13.2 Å². The monoisotopic (exact) mass is 394 g/mol. The second-order valence-corrected chi connectivity index (χ2v) is 7.14. The maximum Gasteiger partial charge on any atom is 0.339 e. The zero-order valence-electron chi connectivity index (χ0n) is 15.9. The lowest BCUT2D eigenvalue weighted by molar-refractivity contribution is -0.144. The van der Waals surface area contributed by atoms with Crippen LogP contribution in [0.4, 0.5) is 0 Å². The number of hydrogen-bond acceptors (Lipinski definition) is 7. The number of carbonyl (C=O) groups excluding carboxylic acids is 2. The van der Waals surface area contributed by atoms with Crippen molar-refractivity contribution in [1.29, 1.82) is 0 Å². The number of unbranched alkanes of at least 4 members (excludes halogenated alkanes) is 4. The van der Waals surface area contributed by atoms with E-state index in [4.69, 9.17) is 9.47 Å². The van der Waals surface area contributed by atoms with Crippen molar-refractivity contribution in [2.45, 2.75) is 58.9 Å². The van der Waals surface area contributed by atoms with Gasteiger partial charge in [-0.15, -0.1) is 11.3 Å². The van der Waals surface area contributed by atoms with Crippen LogP contribution in [-0.2, 0) is 20.8 Å². The molecule has 0 saturated carbocycles. The van der Waals surface area contributed by atoms with E-state index >= 15 is 0 Å². The lowest BCUT2D eigenvalue weighted by Crippen LogP contribution is -2.26. The molecule has 0 N–H and O–H groups in total. The normalized spacial score (nSPS) is 10.9. The van der Waals surface area contributed by atoms with E-state index in [0.717, 1.165) is 38.5 Å². The van der Waals surface area contributed by atoms with Crippen LogP contribution in [0.3, 0.4) is 0 Å². The third-order valence-corrected chi connectivity index (χ3v) is 4.96. The van der Waals surface area contributed by atoms with E-state index in [0.29, 0.717) is 18.0 Å². The number of fused-ring (bicyclic) bond motifs is 1. The Labute approximate surface area is 162 Å². The van der Waals surface area contributed by atoms with Crippen LogP contribution in [0.1, 0.15) is 62.7 Å². The quantitative estimate of drug-likeness (QED) is 0.428. The third kappa shape index (κ3) is 5.89. The number of rotatable bonds is 11. The summed E-state index contributed by atoms with van der Waals surface area (Å²) in [5.41, 5.74) is -0.238. The van der Waals surface area contributed by atoms with E-state index in [-0.39, 0.29) is 17.5 Å². The Balaban J connectivity index is 2.07. The van der Waals surface area contributed by atoms with Crippen LogP contribution in [0.5, 0.6) is 0 Å². The van der Waals surface area contributed by atoms with Gasteiger partial charge in [0.05, 0.1) is 30.5 Å². The van der Waals surface area contributed by atoms with Crippen LogP contribution in [-0.4, -0.2) is 34.7 Å². The molecule has 7 nitrogen and oxygen atoms in total. The molecule has 0 aliphatic rings. The minimum absolute atomic E-state index is 0.194. The fourth-order valence-corrected chi connectivity index (χ4v) is 3.38. The number of aromatic nitrogens is 2. The SMILES string of the molecule is CCCCCCOC(=O)Cn1cnc2scc(C(=O)OCCCC)c2c1=O. The molecule has 0 radical (unpaired) electrons. The van der Waals surface area contributed by atoms with Gasteiger partial charge in [0.2, 0.25) is 0 Å². The Morgan fingerprint density at radius 1 is 1.07 bits per heavy atom. The molecule has 0 unspecified atom stereocenters. The predicted octanol–water partition coefficient (Wildman–Crippen LogP) is 3.54. The molecule has 27 heavy (non-hydrogen) atoms. The minimum atomic E-state index is -0.537. The molecule has 0 aliphatic carbocycles. The van der Waals surface area contributed by atoms with Gasteiger partial charge in [-0.1, -0.05) is 39.5 Å². The molecule has 0 aromatic carbocycles. The van der Waals surface area contributed by atoms with Gasteiger partial charge in [-0.3, -0.25) is 14.2 Å². The molecule has 0 fully saturated rings. The topological polar surface area (TPSA) is 87.5 Å². The first-order valence-corrected chi connectivity index (χ1v) is 10.3. The van der Waals surface area contributed by atoms with Crippen molar-refractivity contribution >= 4 is 33.5 Å². The third-order valence-electron chi connectivity index (χ3n) is 4.07. The van der Waals surface area contributed by atoms with E-state index in [2.05, 4.69) is 11.9 Å². The summed E-state index contributed by atoms with van der Waals surface area (Å²) in [6, 6.07) is 0. The predicted molar refractivity (Wildman–Crippen MR) is 104 cm³/mol. The maximum atomic E-state index is 12.7. The van der Waals surface area contributed by atoms with Gasteiger partial charge >= 0.3 is 11.9 Å². The highest BCUT2D eigenvalue weighted by Gasteiger charge is 2.19. The average molecular weight is 394 g/mol. The van der Waals surface area contributed by atoms with Gasteiger partial charge in [0, 0.05) is 5.38 Å². The van der Waals surface area contributed by atoms with E-state index in [1.165, 1.54) is 22.2 Å². The van der Waals surface area contributed by atoms with Crippen molar-refractivity contribution < 1.29 is 19.1 Å². The molecule has 0 aliphatic heterocycles.